The minimum Gasteiger partial charge on any atom is -0.496 e. The second kappa shape index (κ2) is 9.96. The Morgan fingerprint density at radius 2 is 1.90 bits per heavy atom. The highest BCUT2D eigenvalue weighted by molar-refractivity contribution is 7.23. The second-order valence-electron chi connectivity index (χ2n) is 6.64. The van der Waals surface area contributed by atoms with E-state index in [-0.39, 0.29) is 18.3 Å². The molecule has 0 atom stereocenters. The lowest BCUT2D eigenvalue weighted by Crippen LogP contribution is -2.37. The van der Waals surface area contributed by atoms with Crippen molar-refractivity contribution in [2.24, 2.45) is 0 Å². The van der Waals surface area contributed by atoms with Gasteiger partial charge in [0.05, 0.1) is 27.9 Å². The first-order valence-corrected chi connectivity index (χ1v) is 10.2. The molecular weight excluding hydrogens is 453 g/mol. The van der Waals surface area contributed by atoms with E-state index in [0.29, 0.717) is 39.6 Å². The number of hydrogen-bond acceptors (Lipinski definition) is 5. The van der Waals surface area contributed by atoms with Gasteiger partial charge in [0, 0.05) is 18.1 Å². The number of hydrogen-bond donors (Lipinski definition) is 0. The van der Waals surface area contributed by atoms with Crippen LogP contribution in [0.3, 0.4) is 0 Å². The SMILES string of the molecule is COc1ccc(Cl)cc1C(=O)N(CCN(C)C)c1nc2c(C)ccc(Cl)c2s1.Cl. The van der Waals surface area contributed by atoms with E-state index in [2.05, 4.69) is 0 Å². The van der Waals surface area contributed by atoms with Gasteiger partial charge in [0.25, 0.3) is 5.91 Å². The Labute approximate surface area is 190 Å². The minimum atomic E-state index is -0.214. The van der Waals surface area contributed by atoms with Gasteiger partial charge < -0.3 is 9.64 Å². The lowest BCUT2D eigenvalue weighted by atomic mass is 10.1. The highest BCUT2D eigenvalue weighted by Crippen LogP contribution is 2.36. The van der Waals surface area contributed by atoms with Crippen molar-refractivity contribution in [3.8, 4) is 5.75 Å². The summed E-state index contributed by atoms with van der Waals surface area (Å²) in [6.45, 7) is 3.13. The molecule has 1 amide bonds. The van der Waals surface area contributed by atoms with E-state index < -0.39 is 0 Å². The number of rotatable bonds is 6. The number of fused-ring (bicyclic) bond motifs is 1. The van der Waals surface area contributed by atoms with Gasteiger partial charge in [-0.15, -0.1) is 12.4 Å². The van der Waals surface area contributed by atoms with Crippen LogP contribution in [0.25, 0.3) is 10.2 Å². The van der Waals surface area contributed by atoms with Gasteiger partial charge in [-0.05, 0) is 50.8 Å². The predicted molar refractivity (Wildman–Crippen MR) is 125 cm³/mol. The molecule has 2 aromatic carbocycles. The largest absolute Gasteiger partial charge is 0.496 e. The maximum atomic E-state index is 13.4. The van der Waals surface area contributed by atoms with Crippen LogP contribution in [-0.2, 0) is 0 Å². The summed E-state index contributed by atoms with van der Waals surface area (Å²) in [4.78, 5) is 21.8. The quantitative estimate of drug-likeness (QED) is 0.470. The number of benzene rings is 2. The molecule has 29 heavy (non-hydrogen) atoms. The van der Waals surface area contributed by atoms with Crippen LogP contribution in [0.15, 0.2) is 30.3 Å². The number of aryl methyl sites for hydroxylation is 1. The Bertz CT molecular complexity index is 985. The number of nitrogens with zero attached hydrogens (tertiary/aromatic N) is 3. The van der Waals surface area contributed by atoms with Crippen molar-refractivity contribution in [3.63, 3.8) is 0 Å². The molecule has 156 valence electrons. The van der Waals surface area contributed by atoms with Crippen molar-refractivity contribution in [3.05, 3.63) is 51.5 Å². The number of thiazole rings is 1. The lowest BCUT2D eigenvalue weighted by molar-refractivity contribution is 0.0982. The van der Waals surface area contributed by atoms with Crippen molar-refractivity contribution in [1.29, 1.82) is 0 Å². The summed E-state index contributed by atoms with van der Waals surface area (Å²) in [6, 6.07) is 8.80. The first kappa shape index (κ1) is 23.7. The molecule has 3 aromatic rings. The Hall–Kier alpha value is -1.57. The molecule has 0 unspecified atom stereocenters. The van der Waals surface area contributed by atoms with Crippen molar-refractivity contribution in [2.45, 2.75) is 6.92 Å². The van der Waals surface area contributed by atoms with Gasteiger partial charge in [-0.1, -0.05) is 40.6 Å². The molecule has 0 aliphatic rings. The van der Waals surface area contributed by atoms with Gasteiger partial charge in [0.1, 0.15) is 5.75 Å². The van der Waals surface area contributed by atoms with Gasteiger partial charge in [-0.25, -0.2) is 4.98 Å². The van der Waals surface area contributed by atoms with Crippen LogP contribution >= 0.6 is 46.9 Å². The number of aromatic nitrogens is 1. The van der Waals surface area contributed by atoms with E-state index in [1.807, 2.05) is 38.1 Å². The summed E-state index contributed by atoms with van der Waals surface area (Å²) < 4.78 is 6.25. The molecule has 0 saturated carbocycles. The topological polar surface area (TPSA) is 45.7 Å². The molecule has 0 fully saturated rings. The van der Waals surface area contributed by atoms with Crippen molar-refractivity contribution >= 4 is 68.2 Å². The van der Waals surface area contributed by atoms with E-state index in [4.69, 9.17) is 32.9 Å². The molecule has 0 N–H and O–H groups in total. The molecule has 0 saturated heterocycles. The molecule has 0 aliphatic heterocycles. The van der Waals surface area contributed by atoms with Crippen molar-refractivity contribution in [1.82, 2.24) is 9.88 Å². The van der Waals surface area contributed by atoms with Gasteiger partial charge in [0.2, 0.25) is 0 Å². The standard InChI is InChI=1S/C20H21Cl2N3O2S.ClH/c1-12-5-7-15(22)18-17(12)23-20(28-18)25(10-9-24(2)3)19(26)14-11-13(21)6-8-16(14)27-4;/h5-8,11H,9-10H2,1-4H3;1H. The lowest BCUT2D eigenvalue weighted by Gasteiger charge is -2.23. The number of likely N-dealkylation sites (N-methyl/N-ethyl adjacent to an activating group) is 1. The molecule has 1 aromatic heterocycles. The number of halogens is 3. The van der Waals surface area contributed by atoms with E-state index in [0.717, 1.165) is 15.8 Å². The molecule has 3 rings (SSSR count). The maximum Gasteiger partial charge on any atom is 0.263 e. The maximum absolute atomic E-state index is 13.4. The zero-order chi connectivity index (χ0) is 20.4. The summed E-state index contributed by atoms with van der Waals surface area (Å²) in [7, 11) is 5.45. The Kier molecular flexibility index (Phi) is 8.14. The zero-order valence-electron chi connectivity index (χ0n) is 16.5. The van der Waals surface area contributed by atoms with Crippen molar-refractivity contribution in [2.75, 3.05) is 39.2 Å². The summed E-state index contributed by atoms with van der Waals surface area (Å²) >= 11 is 13.9. The highest BCUT2D eigenvalue weighted by Gasteiger charge is 2.25. The Morgan fingerprint density at radius 1 is 1.17 bits per heavy atom. The third-order valence-corrected chi connectivity index (χ3v) is 6.10. The molecule has 9 heteroatoms. The van der Waals surface area contributed by atoms with Crippen LogP contribution in [-0.4, -0.2) is 50.1 Å². The van der Waals surface area contributed by atoms with E-state index in [1.165, 1.54) is 18.4 Å². The van der Waals surface area contributed by atoms with Gasteiger partial charge >= 0.3 is 0 Å². The molecule has 0 spiro atoms. The first-order valence-electron chi connectivity index (χ1n) is 8.67. The second-order valence-corrected chi connectivity index (χ2v) is 8.46. The fourth-order valence-electron chi connectivity index (χ4n) is 2.78. The van der Waals surface area contributed by atoms with E-state index >= 15 is 0 Å². The molecule has 0 aliphatic carbocycles. The van der Waals surface area contributed by atoms with Gasteiger partial charge in [0.15, 0.2) is 5.13 Å². The monoisotopic (exact) mass is 473 g/mol. The summed E-state index contributed by atoms with van der Waals surface area (Å²) in [5.74, 6) is 0.258. The summed E-state index contributed by atoms with van der Waals surface area (Å²) in [6.07, 6.45) is 0. The van der Waals surface area contributed by atoms with Crippen LogP contribution in [0.5, 0.6) is 5.75 Å². The normalized spacial score (nSPS) is 10.9. The zero-order valence-corrected chi connectivity index (χ0v) is 19.7. The van der Waals surface area contributed by atoms with Crippen LogP contribution in [0.4, 0.5) is 5.13 Å². The third-order valence-electron chi connectivity index (χ3n) is 4.32. The Balaban J connectivity index is 0.00000300. The number of ether oxygens (including phenoxy) is 1. The van der Waals surface area contributed by atoms with E-state index in [9.17, 15) is 4.79 Å². The van der Waals surface area contributed by atoms with Gasteiger partial charge in [-0.2, -0.15) is 0 Å². The molecule has 1 heterocycles. The van der Waals surface area contributed by atoms with Crippen LogP contribution in [0.1, 0.15) is 15.9 Å². The molecule has 0 radical (unpaired) electrons. The summed E-state index contributed by atoms with van der Waals surface area (Å²) in [5, 5.41) is 1.70. The fraction of sp³-hybridized carbons (Fsp3) is 0.300. The average molecular weight is 475 g/mol. The molecule has 0 bridgehead atoms. The third kappa shape index (κ3) is 5.13. The number of methoxy groups -OCH3 is 1. The van der Waals surface area contributed by atoms with Crippen molar-refractivity contribution < 1.29 is 9.53 Å². The summed E-state index contributed by atoms with van der Waals surface area (Å²) in [5.41, 5.74) is 2.23. The predicted octanol–water partition coefficient (Wildman–Crippen LogP) is 5.55. The number of anilines is 1. The number of carbonyl (C=O) groups excluding carboxylic acids is 1. The minimum absolute atomic E-state index is 0. The molecular formula is C20H22Cl3N3O2S. The first-order chi connectivity index (χ1) is 13.3. The van der Waals surface area contributed by atoms with Crippen LogP contribution < -0.4 is 9.64 Å². The highest BCUT2D eigenvalue weighted by atomic mass is 35.5. The van der Waals surface area contributed by atoms with Gasteiger partial charge in [-0.3, -0.25) is 9.69 Å². The Morgan fingerprint density at radius 3 is 2.52 bits per heavy atom. The molecule has 5 nitrogen and oxygen atoms in total. The number of carbonyl (C=O) groups is 1. The van der Waals surface area contributed by atoms with Crippen LogP contribution in [0, 0.1) is 6.92 Å². The fourth-order valence-corrected chi connectivity index (χ4v) is 4.30. The smallest absolute Gasteiger partial charge is 0.263 e. The van der Waals surface area contributed by atoms with Crippen LogP contribution in [0.2, 0.25) is 10.0 Å². The average Bonchev–Trinajstić information content (AvgIpc) is 3.11. The van der Waals surface area contributed by atoms with E-state index in [1.54, 1.807) is 23.1 Å². The number of amides is 1.